The van der Waals surface area contributed by atoms with Crippen molar-refractivity contribution in [2.75, 3.05) is 31.1 Å². The van der Waals surface area contributed by atoms with Crippen molar-refractivity contribution in [1.29, 1.82) is 0 Å². The van der Waals surface area contributed by atoms with Gasteiger partial charge in [0.2, 0.25) is 0 Å². The van der Waals surface area contributed by atoms with E-state index >= 15 is 0 Å². The Morgan fingerprint density at radius 3 is 2.37 bits per heavy atom. The lowest BCUT2D eigenvalue weighted by Gasteiger charge is -2.26. The van der Waals surface area contributed by atoms with Crippen LogP contribution in [0.1, 0.15) is 36.1 Å². The molecule has 156 valence electrons. The van der Waals surface area contributed by atoms with Crippen LogP contribution in [0.3, 0.4) is 0 Å². The van der Waals surface area contributed by atoms with Gasteiger partial charge in [0.25, 0.3) is 5.91 Å². The molecule has 0 saturated heterocycles. The number of carbonyl (C=O) groups excluding carboxylic acids is 1. The van der Waals surface area contributed by atoms with Gasteiger partial charge in [-0.1, -0.05) is 56.3 Å². The van der Waals surface area contributed by atoms with E-state index in [2.05, 4.69) is 18.7 Å². The quantitative estimate of drug-likeness (QED) is 0.665. The zero-order chi connectivity index (χ0) is 21.5. The Morgan fingerprint density at radius 1 is 0.967 bits per heavy atom. The minimum atomic E-state index is -1.67. The average Bonchev–Trinajstić information content (AvgIpc) is 2.96. The predicted molar refractivity (Wildman–Crippen MR) is 123 cm³/mol. The van der Waals surface area contributed by atoms with Gasteiger partial charge < -0.3 is 14.9 Å². The van der Waals surface area contributed by atoms with Gasteiger partial charge in [0, 0.05) is 18.7 Å². The molecule has 30 heavy (non-hydrogen) atoms. The summed E-state index contributed by atoms with van der Waals surface area (Å²) < 4.78 is 0. The maximum absolute atomic E-state index is 13.7. The molecule has 1 atom stereocenters. The SMILES string of the molecule is CCN(CC)CCN1C(=O)C(O)(c2ccc3ccccc3c2)c2c(C)cc(C)cc21. The van der Waals surface area contributed by atoms with Crippen molar-refractivity contribution >= 4 is 22.4 Å². The molecular weight excluding hydrogens is 372 g/mol. The fourth-order valence-corrected chi connectivity index (χ4v) is 4.73. The van der Waals surface area contributed by atoms with Crippen LogP contribution < -0.4 is 4.90 Å². The van der Waals surface area contributed by atoms with Crippen LogP contribution in [0.2, 0.25) is 0 Å². The first-order valence-electron chi connectivity index (χ1n) is 10.8. The van der Waals surface area contributed by atoms with E-state index in [0.29, 0.717) is 17.7 Å². The highest BCUT2D eigenvalue weighted by atomic mass is 16.3. The maximum atomic E-state index is 13.7. The second-order valence-corrected chi connectivity index (χ2v) is 8.23. The number of amides is 1. The normalized spacial score (nSPS) is 18.5. The second kappa shape index (κ2) is 7.86. The first-order chi connectivity index (χ1) is 14.4. The van der Waals surface area contributed by atoms with Gasteiger partial charge >= 0.3 is 0 Å². The molecule has 4 rings (SSSR count). The van der Waals surface area contributed by atoms with Gasteiger partial charge in [0.05, 0.1) is 5.69 Å². The molecule has 0 saturated carbocycles. The Morgan fingerprint density at radius 2 is 1.67 bits per heavy atom. The highest BCUT2D eigenvalue weighted by Crippen LogP contribution is 2.47. The standard InChI is InChI=1S/C26H30N2O2/c1-5-27(6-2)13-14-28-23-16-18(3)15-19(4)24(23)26(30,25(28)29)22-12-11-20-9-7-8-10-21(20)17-22/h7-12,15-17,30H,5-6,13-14H2,1-4H3. The number of likely N-dealkylation sites (N-methyl/N-ethyl adjacent to an activating group) is 1. The van der Waals surface area contributed by atoms with Crippen molar-refractivity contribution in [3.8, 4) is 0 Å². The van der Waals surface area contributed by atoms with Gasteiger partial charge in [0.15, 0.2) is 5.60 Å². The van der Waals surface area contributed by atoms with Crippen molar-refractivity contribution in [3.63, 3.8) is 0 Å². The first kappa shape index (κ1) is 20.6. The molecule has 1 unspecified atom stereocenters. The number of nitrogens with zero attached hydrogens (tertiary/aromatic N) is 2. The second-order valence-electron chi connectivity index (χ2n) is 8.23. The van der Waals surface area contributed by atoms with Crippen molar-refractivity contribution in [2.24, 2.45) is 0 Å². The van der Waals surface area contributed by atoms with Gasteiger partial charge in [-0.05, 0) is 66.5 Å². The Kier molecular flexibility index (Phi) is 5.39. The molecule has 3 aromatic carbocycles. The number of fused-ring (bicyclic) bond motifs is 2. The number of rotatable bonds is 6. The lowest BCUT2D eigenvalue weighted by atomic mass is 9.83. The monoisotopic (exact) mass is 402 g/mol. The lowest BCUT2D eigenvalue weighted by molar-refractivity contribution is -0.132. The van der Waals surface area contributed by atoms with Gasteiger partial charge in [-0.3, -0.25) is 4.79 Å². The van der Waals surface area contributed by atoms with Crippen LogP contribution in [0.25, 0.3) is 10.8 Å². The third-order valence-electron chi connectivity index (χ3n) is 6.37. The third-order valence-corrected chi connectivity index (χ3v) is 6.37. The van der Waals surface area contributed by atoms with Crippen LogP contribution in [0.5, 0.6) is 0 Å². The number of benzene rings is 3. The topological polar surface area (TPSA) is 43.8 Å². The molecule has 4 heteroatoms. The molecular formula is C26H30N2O2. The summed E-state index contributed by atoms with van der Waals surface area (Å²) in [4.78, 5) is 17.8. The highest BCUT2D eigenvalue weighted by Gasteiger charge is 2.52. The van der Waals surface area contributed by atoms with E-state index < -0.39 is 5.60 Å². The first-order valence-corrected chi connectivity index (χ1v) is 10.8. The van der Waals surface area contributed by atoms with E-state index in [9.17, 15) is 9.90 Å². The van der Waals surface area contributed by atoms with E-state index in [1.807, 2.05) is 68.4 Å². The number of aryl methyl sites for hydroxylation is 2. The molecule has 0 fully saturated rings. The van der Waals surface area contributed by atoms with Crippen molar-refractivity contribution in [1.82, 2.24) is 4.90 Å². The number of carbonyl (C=O) groups is 1. The summed E-state index contributed by atoms with van der Waals surface area (Å²) in [6.45, 7) is 11.5. The Balaban J connectivity index is 1.84. The summed E-state index contributed by atoms with van der Waals surface area (Å²) in [5.74, 6) is -0.256. The number of anilines is 1. The number of hydrogen-bond donors (Lipinski definition) is 1. The predicted octanol–water partition coefficient (Wildman–Crippen LogP) is 4.38. The molecule has 0 radical (unpaired) electrons. The summed E-state index contributed by atoms with van der Waals surface area (Å²) in [6, 6.07) is 17.9. The Hall–Kier alpha value is -2.69. The van der Waals surface area contributed by atoms with E-state index in [-0.39, 0.29) is 5.91 Å². The van der Waals surface area contributed by atoms with Gasteiger partial charge in [-0.2, -0.15) is 0 Å². The largest absolute Gasteiger partial charge is 0.372 e. The van der Waals surface area contributed by atoms with Crippen LogP contribution in [0, 0.1) is 13.8 Å². The zero-order valence-electron chi connectivity index (χ0n) is 18.3. The minimum absolute atomic E-state index is 0.256. The summed E-state index contributed by atoms with van der Waals surface area (Å²) in [5, 5.41) is 14.1. The van der Waals surface area contributed by atoms with Crippen LogP contribution in [-0.4, -0.2) is 42.1 Å². The fraction of sp³-hybridized carbons (Fsp3) is 0.346. The number of hydrogen-bond acceptors (Lipinski definition) is 3. The molecule has 1 heterocycles. The smallest absolute Gasteiger partial charge is 0.268 e. The van der Waals surface area contributed by atoms with Crippen LogP contribution in [-0.2, 0) is 10.4 Å². The summed E-state index contributed by atoms with van der Waals surface area (Å²) in [6.07, 6.45) is 0. The summed E-state index contributed by atoms with van der Waals surface area (Å²) >= 11 is 0. The summed E-state index contributed by atoms with van der Waals surface area (Å²) in [7, 11) is 0. The Labute approximate surface area is 178 Å². The maximum Gasteiger partial charge on any atom is 0.268 e. The van der Waals surface area contributed by atoms with Gasteiger partial charge in [0.1, 0.15) is 0 Å². The molecule has 1 aliphatic heterocycles. The minimum Gasteiger partial charge on any atom is -0.372 e. The highest BCUT2D eigenvalue weighted by molar-refractivity contribution is 6.10. The van der Waals surface area contributed by atoms with Gasteiger partial charge in [-0.15, -0.1) is 0 Å². The van der Waals surface area contributed by atoms with Crippen LogP contribution in [0.4, 0.5) is 5.69 Å². The van der Waals surface area contributed by atoms with E-state index in [4.69, 9.17) is 0 Å². The van der Waals surface area contributed by atoms with Gasteiger partial charge in [-0.25, -0.2) is 0 Å². The van der Waals surface area contributed by atoms with E-state index in [1.54, 1.807) is 4.90 Å². The van der Waals surface area contributed by atoms with Crippen molar-refractivity contribution < 1.29 is 9.90 Å². The molecule has 0 aliphatic carbocycles. The summed E-state index contributed by atoms with van der Waals surface area (Å²) in [5.41, 5.74) is 2.55. The Bertz CT molecular complexity index is 1100. The molecule has 1 aliphatic rings. The lowest BCUT2D eigenvalue weighted by Crippen LogP contribution is -2.44. The molecule has 4 nitrogen and oxygen atoms in total. The van der Waals surface area contributed by atoms with Crippen LogP contribution >= 0.6 is 0 Å². The molecule has 0 bridgehead atoms. The molecule has 0 spiro atoms. The molecule has 0 aromatic heterocycles. The van der Waals surface area contributed by atoms with Crippen molar-refractivity contribution in [3.05, 3.63) is 76.9 Å². The zero-order valence-corrected chi connectivity index (χ0v) is 18.3. The van der Waals surface area contributed by atoms with E-state index in [0.717, 1.165) is 47.2 Å². The molecule has 3 aromatic rings. The third kappa shape index (κ3) is 3.21. The molecule has 1 N–H and O–H groups in total. The van der Waals surface area contributed by atoms with Crippen molar-refractivity contribution in [2.45, 2.75) is 33.3 Å². The average molecular weight is 403 g/mol. The van der Waals surface area contributed by atoms with E-state index in [1.165, 1.54) is 0 Å². The van der Waals surface area contributed by atoms with Crippen LogP contribution in [0.15, 0.2) is 54.6 Å². The fourth-order valence-electron chi connectivity index (χ4n) is 4.73. The molecule has 1 amide bonds. The number of aliphatic hydroxyl groups is 1.